The van der Waals surface area contributed by atoms with Crippen molar-refractivity contribution in [2.45, 2.75) is 13.0 Å². The van der Waals surface area contributed by atoms with E-state index in [0.717, 1.165) is 11.3 Å². The Morgan fingerprint density at radius 2 is 1.80 bits per heavy atom. The molecule has 3 aromatic rings. The fourth-order valence-electron chi connectivity index (χ4n) is 2.96. The first-order valence-electron chi connectivity index (χ1n) is 9.39. The summed E-state index contributed by atoms with van der Waals surface area (Å²) >= 11 is 0. The van der Waals surface area contributed by atoms with E-state index in [1.807, 2.05) is 42.0 Å². The SMILES string of the molecule is COc1ccc(C(=O)NCC(=O)NC(C)c2ccc(-n3ccnc3)cc2)cc1OC. The Bertz CT molecular complexity index is 1000. The van der Waals surface area contributed by atoms with Crippen LogP contribution in [0.15, 0.2) is 61.2 Å². The first kappa shape index (κ1) is 20.9. The molecule has 30 heavy (non-hydrogen) atoms. The van der Waals surface area contributed by atoms with Crippen LogP contribution in [0.25, 0.3) is 5.69 Å². The van der Waals surface area contributed by atoms with Crippen LogP contribution in [0.4, 0.5) is 0 Å². The Labute approximate surface area is 174 Å². The number of hydrogen-bond donors (Lipinski definition) is 2. The second kappa shape index (κ2) is 9.60. The highest BCUT2D eigenvalue weighted by Crippen LogP contribution is 2.27. The van der Waals surface area contributed by atoms with Crippen LogP contribution in [0, 0.1) is 0 Å². The van der Waals surface area contributed by atoms with Crippen molar-refractivity contribution in [2.75, 3.05) is 20.8 Å². The van der Waals surface area contributed by atoms with E-state index in [9.17, 15) is 9.59 Å². The molecule has 0 bridgehead atoms. The van der Waals surface area contributed by atoms with E-state index in [1.54, 1.807) is 30.7 Å². The maximum atomic E-state index is 12.3. The highest BCUT2D eigenvalue weighted by Gasteiger charge is 2.14. The third-order valence-electron chi connectivity index (χ3n) is 4.63. The van der Waals surface area contributed by atoms with Crippen molar-refractivity contribution in [1.29, 1.82) is 0 Å². The summed E-state index contributed by atoms with van der Waals surface area (Å²) < 4.78 is 12.3. The molecule has 156 valence electrons. The number of nitrogens with zero attached hydrogens (tertiary/aromatic N) is 2. The zero-order valence-electron chi connectivity index (χ0n) is 17.1. The molecule has 2 amide bonds. The van der Waals surface area contributed by atoms with E-state index < -0.39 is 0 Å². The summed E-state index contributed by atoms with van der Waals surface area (Å²) in [6.07, 6.45) is 5.30. The van der Waals surface area contributed by atoms with Crippen LogP contribution in [-0.2, 0) is 4.79 Å². The zero-order valence-corrected chi connectivity index (χ0v) is 17.1. The van der Waals surface area contributed by atoms with Crippen LogP contribution in [0.3, 0.4) is 0 Å². The number of aromatic nitrogens is 2. The Kier molecular flexibility index (Phi) is 6.69. The second-order valence-electron chi connectivity index (χ2n) is 6.60. The molecular weight excluding hydrogens is 384 g/mol. The third kappa shape index (κ3) is 4.96. The van der Waals surface area contributed by atoms with Crippen LogP contribution in [0.5, 0.6) is 11.5 Å². The van der Waals surface area contributed by atoms with Gasteiger partial charge in [0, 0.05) is 23.6 Å². The van der Waals surface area contributed by atoms with Gasteiger partial charge in [0.15, 0.2) is 11.5 Å². The highest BCUT2D eigenvalue weighted by molar-refractivity contribution is 5.97. The molecular formula is C22H24N4O4. The number of carbonyl (C=O) groups excluding carboxylic acids is 2. The standard InChI is InChI=1S/C22H24N4O4/c1-15(16-4-7-18(8-5-16)26-11-10-23-14-26)25-21(27)13-24-22(28)17-6-9-19(29-2)20(12-17)30-3/h4-12,14-15H,13H2,1-3H3,(H,24,28)(H,25,27). The molecule has 2 aromatic carbocycles. The van der Waals surface area contributed by atoms with Crippen molar-refractivity contribution < 1.29 is 19.1 Å². The monoisotopic (exact) mass is 408 g/mol. The zero-order chi connectivity index (χ0) is 21.5. The van der Waals surface area contributed by atoms with E-state index in [2.05, 4.69) is 15.6 Å². The van der Waals surface area contributed by atoms with Gasteiger partial charge in [0.2, 0.25) is 5.91 Å². The Hall–Kier alpha value is -3.81. The van der Waals surface area contributed by atoms with Gasteiger partial charge >= 0.3 is 0 Å². The quantitative estimate of drug-likeness (QED) is 0.597. The predicted octanol–water partition coefficient (Wildman–Crippen LogP) is 2.50. The molecule has 0 saturated heterocycles. The van der Waals surface area contributed by atoms with Crippen molar-refractivity contribution in [1.82, 2.24) is 20.2 Å². The van der Waals surface area contributed by atoms with Gasteiger partial charge < -0.3 is 24.7 Å². The molecule has 2 N–H and O–H groups in total. The topological polar surface area (TPSA) is 94.5 Å². The average molecular weight is 408 g/mol. The summed E-state index contributed by atoms with van der Waals surface area (Å²) in [5, 5.41) is 5.49. The summed E-state index contributed by atoms with van der Waals surface area (Å²) in [6.45, 7) is 1.75. The van der Waals surface area contributed by atoms with Gasteiger partial charge in [-0.1, -0.05) is 12.1 Å². The van der Waals surface area contributed by atoms with Gasteiger partial charge in [-0.2, -0.15) is 0 Å². The Balaban J connectivity index is 1.53. The van der Waals surface area contributed by atoms with Crippen molar-refractivity contribution >= 4 is 11.8 Å². The summed E-state index contributed by atoms with van der Waals surface area (Å²) in [5.41, 5.74) is 2.32. The van der Waals surface area contributed by atoms with Crippen molar-refractivity contribution in [2.24, 2.45) is 0 Å². The Morgan fingerprint density at radius 3 is 2.43 bits per heavy atom. The number of benzene rings is 2. The van der Waals surface area contributed by atoms with E-state index in [4.69, 9.17) is 9.47 Å². The molecule has 3 rings (SSSR count). The molecule has 0 radical (unpaired) electrons. The van der Waals surface area contributed by atoms with Crippen LogP contribution in [0.2, 0.25) is 0 Å². The lowest BCUT2D eigenvalue weighted by molar-refractivity contribution is -0.120. The molecule has 8 nitrogen and oxygen atoms in total. The highest BCUT2D eigenvalue weighted by atomic mass is 16.5. The van der Waals surface area contributed by atoms with Crippen molar-refractivity contribution in [3.05, 3.63) is 72.3 Å². The number of amides is 2. The minimum atomic E-state index is -0.372. The molecule has 0 spiro atoms. The van der Waals surface area contributed by atoms with Gasteiger partial charge in [0.05, 0.1) is 33.1 Å². The second-order valence-corrected chi connectivity index (χ2v) is 6.60. The number of hydrogen-bond acceptors (Lipinski definition) is 5. The number of ether oxygens (including phenoxy) is 2. The van der Waals surface area contributed by atoms with Crippen LogP contribution < -0.4 is 20.1 Å². The fraction of sp³-hybridized carbons (Fsp3) is 0.227. The normalized spacial score (nSPS) is 11.4. The van der Waals surface area contributed by atoms with Gasteiger partial charge in [0.1, 0.15) is 0 Å². The molecule has 0 aliphatic rings. The molecule has 0 saturated carbocycles. The first-order chi connectivity index (χ1) is 14.5. The average Bonchev–Trinajstić information content (AvgIpc) is 3.32. The molecule has 0 aliphatic heterocycles. The molecule has 1 unspecified atom stereocenters. The number of carbonyl (C=O) groups is 2. The van der Waals surface area contributed by atoms with Gasteiger partial charge in [-0.05, 0) is 42.8 Å². The lowest BCUT2D eigenvalue weighted by atomic mass is 10.1. The summed E-state index contributed by atoms with van der Waals surface area (Å²) in [5.74, 6) is 0.320. The maximum absolute atomic E-state index is 12.3. The summed E-state index contributed by atoms with van der Waals surface area (Å²) in [4.78, 5) is 28.6. The van der Waals surface area contributed by atoms with Gasteiger partial charge in [0.25, 0.3) is 5.91 Å². The van der Waals surface area contributed by atoms with E-state index in [1.165, 1.54) is 14.2 Å². The van der Waals surface area contributed by atoms with E-state index >= 15 is 0 Å². The molecule has 0 aliphatic carbocycles. The first-order valence-corrected chi connectivity index (χ1v) is 9.39. The maximum Gasteiger partial charge on any atom is 0.251 e. The number of methoxy groups -OCH3 is 2. The molecule has 1 aromatic heterocycles. The molecule has 1 heterocycles. The molecule has 1 atom stereocenters. The van der Waals surface area contributed by atoms with E-state index in [0.29, 0.717) is 17.1 Å². The van der Waals surface area contributed by atoms with Crippen LogP contribution in [0.1, 0.15) is 28.9 Å². The lowest BCUT2D eigenvalue weighted by Crippen LogP contribution is -2.38. The predicted molar refractivity (Wildman–Crippen MR) is 112 cm³/mol. The largest absolute Gasteiger partial charge is 0.493 e. The van der Waals surface area contributed by atoms with Crippen molar-refractivity contribution in [3.63, 3.8) is 0 Å². The van der Waals surface area contributed by atoms with Crippen molar-refractivity contribution in [3.8, 4) is 17.2 Å². The fourth-order valence-corrected chi connectivity index (χ4v) is 2.96. The molecule has 8 heteroatoms. The Morgan fingerprint density at radius 1 is 1.07 bits per heavy atom. The van der Waals surface area contributed by atoms with Gasteiger partial charge in [-0.3, -0.25) is 9.59 Å². The van der Waals surface area contributed by atoms with Crippen LogP contribution in [-0.4, -0.2) is 42.1 Å². The third-order valence-corrected chi connectivity index (χ3v) is 4.63. The summed E-state index contributed by atoms with van der Waals surface area (Å²) in [7, 11) is 3.02. The smallest absolute Gasteiger partial charge is 0.251 e. The minimum Gasteiger partial charge on any atom is -0.493 e. The molecule has 0 fully saturated rings. The van der Waals surface area contributed by atoms with Crippen LogP contribution >= 0.6 is 0 Å². The van der Waals surface area contributed by atoms with Gasteiger partial charge in [-0.25, -0.2) is 4.98 Å². The number of imidazole rings is 1. The van der Waals surface area contributed by atoms with E-state index in [-0.39, 0.29) is 24.4 Å². The lowest BCUT2D eigenvalue weighted by Gasteiger charge is -2.15. The number of rotatable bonds is 8. The van der Waals surface area contributed by atoms with Gasteiger partial charge in [-0.15, -0.1) is 0 Å². The minimum absolute atomic E-state index is 0.134. The summed E-state index contributed by atoms with van der Waals surface area (Å²) in [6, 6.07) is 12.4. The number of nitrogens with one attached hydrogen (secondary N) is 2.